The SMILES string of the molecule is CCOC(=O)c1ccc(N)c(Sc2nnnn2C2CC2)c1. The second kappa shape index (κ2) is 5.72. The number of rotatable bonds is 5. The van der Waals surface area contributed by atoms with E-state index in [4.69, 9.17) is 10.5 Å². The molecule has 2 N–H and O–H groups in total. The van der Waals surface area contributed by atoms with Crippen molar-refractivity contribution >= 4 is 23.4 Å². The van der Waals surface area contributed by atoms with Crippen LogP contribution in [0.25, 0.3) is 0 Å². The lowest BCUT2D eigenvalue weighted by atomic mass is 10.2. The fraction of sp³-hybridized carbons (Fsp3) is 0.385. The van der Waals surface area contributed by atoms with Gasteiger partial charge in [-0.25, -0.2) is 9.48 Å². The molecular weight excluding hydrogens is 290 g/mol. The predicted octanol–water partition coefficient (Wildman–Crippen LogP) is 1.92. The third kappa shape index (κ3) is 2.99. The normalized spacial score (nSPS) is 14.1. The lowest BCUT2D eigenvalue weighted by Crippen LogP contribution is -2.05. The average molecular weight is 305 g/mol. The fourth-order valence-electron chi connectivity index (χ4n) is 1.86. The van der Waals surface area contributed by atoms with Crippen LogP contribution in [-0.4, -0.2) is 32.8 Å². The summed E-state index contributed by atoms with van der Waals surface area (Å²) in [6.07, 6.45) is 2.19. The molecule has 0 atom stereocenters. The van der Waals surface area contributed by atoms with Crippen LogP contribution in [0.4, 0.5) is 5.69 Å². The summed E-state index contributed by atoms with van der Waals surface area (Å²) in [6, 6.07) is 5.45. The second-order valence-corrected chi connectivity index (χ2v) is 5.72. The molecule has 1 aliphatic carbocycles. The molecule has 0 amide bonds. The molecule has 2 aromatic rings. The van der Waals surface area contributed by atoms with Gasteiger partial charge < -0.3 is 10.5 Å². The van der Waals surface area contributed by atoms with E-state index in [0.29, 0.717) is 29.1 Å². The molecule has 7 nitrogen and oxygen atoms in total. The zero-order valence-corrected chi connectivity index (χ0v) is 12.3. The highest BCUT2D eigenvalue weighted by Crippen LogP contribution is 2.39. The first-order valence-corrected chi connectivity index (χ1v) is 7.53. The van der Waals surface area contributed by atoms with Gasteiger partial charge in [0.2, 0.25) is 5.16 Å². The first-order chi connectivity index (χ1) is 10.2. The number of benzene rings is 1. The lowest BCUT2D eigenvalue weighted by Gasteiger charge is -2.08. The molecule has 0 aliphatic heterocycles. The summed E-state index contributed by atoms with van der Waals surface area (Å²) in [5.74, 6) is -0.360. The monoisotopic (exact) mass is 305 g/mol. The van der Waals surface area contributed by atoms with Crippen molar-refractivity contribution < 1.29 is 9.53 Å². The Morgan fingerprint density at radius 2 is 2.33 bits per heavy atom. The highest BCUT2D eigenvalue weighted by molar-refractivity contribution is 7.99. The van der Waals surface area contributed by atoms with E-state index >= 15 is 0 Å². The minimum atomic E-state index is -0.360. The van der Waals surface area contributed by atoms with Crippen LogP contribution >= 0.6 is 11.8 Å². The highest BCUT2D eigenvalue weighted by atomic mass is 32.2. The Morgan fingerprint density at radius 1 is 1.52 bits per heavy atom. The molecule has 0 unspecified atom stereocenters. The molecule has 1 aromatic heterocycles. The minimum Gasteiger partial charge on any atom is -0.462 e. The smallest absolute Gasteiger partial charge is 0.338 e. The number of hydrogen-bond donors (Lipinski definition) is 1. The maximum absolute atomic E-state index is 11.8. The molecule has 1 saturated carbocycles. The third-order valence-corrected chi connectivity index (χ3v) is 4.11. The van der Waals surface area contributed by atoms with Gasteiger partial charge in [0.25, 0.3) is 0 Å². The van der Waals surface area contributed by atoms with Crippen molar-refractivity contribution in [3.8, 4) is 0 Å². The van der Waals surface area contributed by atoms with Crippen LogP contribution in [0.5, 0.6) is 0 Å². The number of nitrogen functional groups attached to an aromatic ring is 1. The number of hydrogen-bond acceptors (Lipinski definition) is 7. The topological polar surface area (TPSA) is 95.9 Å². The molecule has 0 spiro atoms. The summed E-state index contributed by atoms with van der Waals surface area (Å²) in [4.78, 5) is 12.5. The lowest BCUT2D eigenvalue weighted by molar-refractivity contribution is 0.0526. The number of carbonyl (C=O) groups excluding carboxylic acids is 1. The second-order valence-electron chi connectivity index (χ2n) is 4.71. The number of nitrogens with two attached hydrogens (primary N) is 1. The van der Waals surface area contributed by atoms with Gasteiger partial charge in [-0.05, 0) is 60.2 Å². The average Bonchev–Trinajstić information content (AvgIpc) is 3.21. The fourth-order valence-corrected chi connectivity index (χ4v) is 2.79. The quantitative estimate of drug-likeness (QED) is 0.666. The molecule has 1 aromatic carbocycles. The number of anilines is 1. The maximum atomic E-state index is 11.8. The zero-order chi connectivity index (χ0) is 14.8. The van der Waals surface area contributed by atoms with Crippen molar-refractivity contribution in [3.05, 3.63) is 23.8 Å². The summed E-state index contributed by atoms with van der Waals surface area (Å²) in [5, 5.41) is 12.4. The van der Waals surface area contributed by atoms with Crippen molar-refractivity contribution in [3.63, 3.8) is 0 Å². The number of nitrogens with zero attached hydrogens (tertiary/aromatic N) is 4. The van der Waals surface area contributed by atoms with Gasteiger partial charge >= 0.3 is 5.97 Å². The number of ether oxygens (including phenoxy) is 1. The highest BCUT2D eigenvalue weighted by Gasteiger charge is 2.28. The Hall–Kier alpha value is -2.09. The third-order valence-electron chi connectivity index (χ3n) is 3.08. The molecule has 1 aliphatic rings. The summed E-state index contributed by atoms with van der Waals surface area (Å²) >= 11 is 1.36. The van der Waals surface area contributed by atoms with Crippen LogP contribution in [0.3, 0.4) is 0 Å². The number of carbonyl (C=O) groups is 1. The molecule has 8 heteroatoms. The van der Waals surface area contributed by atoms with Crippen LogP contribution in [0.1, 0.15) is 36.2 Å². The molecule has 0 saturated heterocycles. The van der Waals surface area contributed by atoms with Crippen LogP contribution in [0.15, 0.2) is 28.3 Å². The number of aromatic nitrogens is 4. The first-order valence-electron chi connectivity index (χ1n) is 6.71. The molecule has 0 radical (unpaired) electrons. The molecule has 3 rings (SSSR count). The largest absolute Gasteiger partial charge is 0.462 e. The maximum Gasteiger partial charge on any atom is 0.338 e. The summed E-state index contributed by atoms with van der Waals surface area (Å²) in [6.45, 7) is 2.11. The van der Waals surface area contributed by atoms with Crippen LogP contribution in [0.2, 0.25) is 0 Å². The van der Waals surface area contributed by atoms with Gasteiger partial charge in [-0.15, -0.1) is 5.10 Å². The zero-order valence-electron chi connectivity index (χ0n) is 11.5. The van der Waals surface area contributed by atoms with E-state index in [1.54, 1.807) is 29.8 Å². The van der Waals surface area contributed by atoms with Crippen LogP contribution in [-0.2, 0) is 4.74 Å². The van der Waals surface area contributed by atoms with Gasteiger partial charge in [0.05, 0.1) is 18.2 Å². The Labute approximate surface area is 125 Å². The first kappa shape index (κ1) is 13.9. The van der Waals surface area contributed by atoms with E-state index in [1.807, 2.05) is 0 Å². The standard InChI is InChI=1S/C13H15N5O2S/c1-2-20-12(19)8-3-6-10(14)11(7-8)21-13-15-16-17-18(13)9-4-5-9/h3,6-7,9H,2,4-5,14H2,1H3. The van der Waals surface area contributed by atoms with E-state index in [0.717, 1.165) is 17.7 Å². The van der Waals surface area contributed by atoms with E-state index in [9.17, 15) is 4.79 Å². The van der Waals surface area contributed by atoms with E-state index in [1.165, 1.54) is 11.8 Å². The van der Waals surface area contributed by atoms with Crippen molar-refractivity contribution in [2.45, 2.75) is 35.9 Å². The number of tetrazole rings is 1. The van der Waals surface area contributed by atoms with Gasteiger partial charge in [0, 0.05) is 10.6 Å². The van der Waals surface area contributed by atoms with Gasteiger partial charge in [-0.2, -0.15) is 0 Å². The predicted molar refractivity (Wildman–Crippen MR) is 77.0 cm³/mol. The van der Waals surface area contributed by atoms with E-state index in [-0.39, 0.29) is 5.97 Å². The molecule has 21 heavy (non-hydrogen) atoms. The summed E-state index contributed by atoms with van der Waals surface area (Å²) < 4.78 is 6.80. The Morgan fingerprint density at radius 3 is 3.05 bits per heavy atom. The molecule has 1 heterocycles. The van der Waals surface area contributed by atoms with Crippen LogP contribution in [0, 0.1) is 0 Å². The van der Waals surface area contributed by atoms with Gasteiger partial charge in [-0.1, -0.05) is 0 Å². The summed E-state index contributed by atoms with van der Waals surface area (Å²) in [7, 11) is 0. The Balaban J connectivity index is 1.85. The minimum absolute atomic E-state index is 0.339. The van der Waals surface area contributed by atoms with Crippen LogP contribution < -0.4 is 5.73 Å². The molecule has 1 fully saturated rings. The van der Waals surface area contributed by atoms with Gasteiger partial charge in [0.15, 0.2) is 0 Å². The Kier molecular flexibility index (Phi) is 3.78. The van der Waals surface area contributed by atoms with Crippen molar-refractivity contribution in [2.24, 2.45) is 0 Å². The van der Waals surface area contributed by atoms with Crippen molar-refractivity contribution in [2.75, 3.05) is 12.3 Å². The van der Waals surface area contributed by atoms with E-state index in [2.05, 4.69) is 15.5 Å². The number of esters is 1. The molecule has 110 valence electrons. The Bertz CT molecular complexity index is 668. The molecular formula is C13H15N5O2S. The van der Waals surface area contributed by atoms with Crippen molar-refractivity contribution in [1.82, 2.24) is 20.2 Å². The van der Waals surface area contributed by atoms with E-state index < -0.39 is 0 Å². The van der Waals surface area contributed by atoms with Crippen molar-refractivity contribution in [1.29, 1.82) is 0 Å². The molecule has 0 bridgehead atoms. The van der Waals surface area contributed by atoms with Gasteiger partial charge in [0.1, 0.15) is 0 Å². The van der Waals surface area contributed by atoms with Gasteiger partial charge in [-0.3, -0.25) is 0 Å². The summed E-state index contributed by atoms with van der Waals surface area (Å²) in [5.41, 5.74) is 7.02.